The van der Waals surface area contributed by atoms with Gasteiger partial charge in [-0.25, -0.2) is 4.39 Å². The van der Waals surface area contributed by atoms with E-state index in [0.29, 0.717) is 17.7 Å². The molecule has 0 bridgehead atoms. The van der Waals surface area contributed by atoms with Crippen LogP contribution in [0.5, 0.6) is 0 Å². The van der Waals surface area contributed by atoms with Crippen LogP contribution in [0.4, 0.5) is 4.39 Å². The van der Waals surface area contributed by atoms with E-state index < -0.39 is 6.10 Å². The summed E-state index contributed by atoms with van der Waals surface area (Å²) in [5.74, 6) is -0.299. The fraction of sp³-hybridized carbons (Fsp3) is 0.250. The van der Waals surface area contributed by atoms with Crippen molar-refractivity contribution >= 4 is 0 Å². The van der Waals surface area contributed by atoms with E-state index in [9.17, 15) is 9.50 Å². The third-order valence-electron chi connectivity index (χ3n) is 3.12. The minimum Gasteiger partial charge on any atom is -0.384 e. The first-order chi connectivity index (χ1) is 9.11. The van der Waals surface area contributed by atoms with Crippen LogP contribution in [0, 0.1) is 12.7 Å². The van der Waals surface area contributed by atoms with Crippen molar-refractivity contribution in [3.05, 3.63) is 70.5 Å². The molecule has 3 heteroatoms. The zero-order valence-corrected chi connectivity index (χ0v) is 11.1. The molecule has 0 aliphatic rings. The third kappa shape index (κ3) is 3.19. The van der Waals surface area contributed by atoms with Crippen molar-refractivity contribution in [2.75, 3.05) is 7.11 Å². The lowest BCUT2D eigenvalue weighted by atomic mass is 9.99. The molecule has 0 heterocycles. The summed E-state index contributed by atoms with van der Waals surface area (Å²) >= 11 is 0. The minimum absolute atomic E-state index is 0.299. The molecule has 0 amide bonds. The molecule has 0 spiro atoms. The number of halogens is 1. The highest BCUT2D eigenvalue weighted by Crippen LogP contribution is 2.23. The van der Waals surface area contributed by atoms with Crippen molar-refractivity contribution in [3.8, 4) is 0 Å². The van der Waals surface area contributed by atoms with E-state index in [1.54, 1.807) is 26.2 Å². The van der Waals surface area contributed by atoms with Crippen LogP contribution in [0.15, 0.2) is 42.5 Å². The molecule has 1 unspecified atom stereocenters. The molecule has 100 valence electrons. The van der Waals surface area contributed by atoms with Gasteiger partial charge in [-0.3, -0.25) is 0 Å². The van der Waals surface area contributed by atoms with E-state index in [1.165, 1.54) is 6.07 Å². The fourth-order valence-corrected chi connectivity index (χ4v) is 1.93. The monoisotopic (exact) mass is 260 g/mol. The molecular weight excluding hydrogens is 243 g/mol. The number of aliphatic hydroxyl groups excluding tert-OH is 1. The lowest BCUT2D eigenvalue weighted by Gasteiger charge is -2.13. The maximum absolute atomic E-state index is 13.5. The molecule has 0 aliphatic carbocycles. The summed E-state index contributed by atoms with van der Waals surface area (Å²) in [6, 6.07) is 12.2. The zero-order chi connectivity index (χ0) is 13.8. The van der Waals surface area contributed by atoms with Gasteiger partial charge in [0.15, 0.2) is 0 Å². The Bertz CT molecular complexity index is 549. The maximum atomic E-state index is 13.5. The number of benzene rings is 2. The number of aryl methyl sites for hydroxylation is 1. The van der Waals surface area contributed by atoms with E-state index >= 15 is 0 Å². The second-order valence-electron chi connectivity index (χ2n) is 4.59. The number of hydrogen-bond acceptors (Lipinski definition) is 2. The summed E-state index contributed by atoms with van der Waals surface area (Å²) < 4.78 is 18.5. The second-order valence-corrected chi connectivity index (χ2v) is 4.59. The lowest BCUT2D eigenvalue weighted by molar-refractivity contribution is 0.184. The Balaban J connectivity index is 2.22. The Morgan fingerprint density at radius 1 is 1.11 bits per heavy atom. The van der Waals surface area contributed by atoms with Crippen LogP contribution >= 0.6 is 0 Å². The predicted octanol–water partition coefficient (Wildman–Crippen LogP) is 3.36. The maximum Gasteiger partial charge on any atom is 0.126 e. The first-order valence-corrected chi connectivity index (χ1v) is 6.13. The molecule has 1 N–H and O–H groups in total. The lowest BCUT2D eigenvalue weighted by Crippen LogP contribution is -2.01. The molecule has 0 aromatic heterocycles. The van der Waals surface area contributed by atoms with Crippen molar-refractivity contribution in [3.63, 3.8) is 0 Å². The van der Waals surface area contributed by atoms with Crippen LogP contribution < -0.4 is 0 Å². The van der Waals surface area contributed by atoms with Crippen LogP contribution in [-0.2, 0) is 11.3 Å². The third-order valence-corrected chi connectivity index (χ3v) is 3.12. The summed E-state index contributed by atoms with van der Waals surface area (Å²) in [7, 11) is 1.64. The van der Waals surface area contributed by atoms with E-state index in [0.717, 1.165) is 11.1 Å². The molecule has 19 heavy (non-hydrogen) atoms. The minimum atomic E-state index is -0.813. The van der Waals surface area contributed by atoms with E-state index in [2.05, 4.69) is 0 Å². The highest BCUT2D eigenvalue weighted by Gasteiger charge is 2.11. The predicted molar refractivity (Wildman–Crippen MR) is 72.4 cm³/mol. The van der Waals surface area contributed by atoms with Gasteiger partial charge in [-0.05, 0) is 35.2 Å². The average molecular weight is 260 g/mol. The van der Waals surface area contributed by atoms with Gasteiger partial charge in [0, 0.05) is 7.11 Å². The van der Waals surface area contributed by atoms with E-state index in [4.69, 9.17) is 4.74 Å². The van der Waals surface area contributed by atoms with Gasteiger partial charge in [0.25, 0.3) is 0 Å². The molecule has 2 rings (SSSR count). The molecule has 0 aliphatic heterocycles. The molecule has 2 aromatic carbocycles. The van der Waals surface area contributed by atoms with Gasteiger partial charge in [-0.2, -0.15) is 0 Å². The summed E-state index contributed by atoms with van der Waals surface area (Å²) in [4.78, 5) is 0. The normalized spacial score (nSPS) is 12.4. The van der Waals surface area contributed by atoms with Crippen LogP contribution in [0.2, 0.25) is 0 Å². The molecule has 0 saturated heterocycles. The van der Waals surface area contributed by atoms with Crippen molar-refractivity contribution in [2.45, 2.75) is 19.6 Å². The summed E-state index contributed by atoms with van der Waals surface area (Å²) in [6.07, 6.45) is -0.813. The number of ether oxygens (including phenoxy) is 1. The van der Waals surface area contributed by atoms with Gasteiger partial charge in [-0.15, -0.1) is 0 Å². The number of aliphatic hydroxyl groups is 1. The van der Waals surface area contributed by atoms with Gasteiger partial charge in [0.2, 0.25) is 0 Å². The van der Waals surface area contributed by atoms with E-state index in [-0.39, 0.29) is 5.82 Å². The SMILES string of the molecule is COCc1ccc(C(O)c2ccc(C)c(F)c2)cc1. The van der Waals surface area contributed by atoms with Gasteiger partial charge in [0.05, 0.1) is 6.61 Å². The standard InChI is InChI=1S/C16H17FO2/c1-11-3-6-14(9-15(11)17)16(18)13-7-4-12(5-8-13)10-19-2/h3-9,16,18H,10H2,1-2H3. The Morgan fingerprint density at radius 2 is 1.74 bits per heavy atom. The average Bonchev–Trinajstić information content (AvgIpc) is 2.42. The van der Waals surface area contributed by atoms with Crippen LogP contribution in [0.1, 0.15) is 28.4 Å². The second kappa shape index (κ2) is 5.95. The van der Waals surface area contributed by atoms with Crippen LogP contribution in [0.3, 0.4) is 0 Å². The summed E-state index contributed by atoms with van der Waals surface area (Å²) in [5, 5.41) is 10.2. The Hall–Kier alpha value is -1.71. The number of hydrogen-bond donors (Lipinski definition) is 1. The molecule has 0 fully saturated rings. The van der Waals surface area contributed by atoms with Crippen molar-refractivity contribution in [1.29, 1.82) is 0 Å². The Kier molecular flexibility index (Phi) is 4.30. The molecule has 1 atom stereocenters. The first-order valence-electron chi connectivity index (χ1n) is 6.13. The first kappa shape index (κ1) is 13.7. The summed E-state index contributed by atoms with van der Waals surface area (Å²) in [6.45, 7) is 2.24. The molecule has 2 nitrogen and oxygen atoms in total. The van der Waals surface area contributed by atoms with Crippen molar-refractivity contribution in [2.24, 2.45) is 0 Å². The molecule has 0 radical (unpaired) electrons. The highest BCUT2D eigenvalue weighted by atomic mass is 19.1. The molecular formula is C16H17FO2. The van der Waals surface area contributed by atoms with Gasteiger partial charge in [0.1, 0.15) is 11.9 Å². The van der Waals surface area contributed by atoms with Crippen LogP contribution in [0.25, 0.3) is 0 Å². The Morgan fingerprint density at radius 3 is 2.32 bits per heavy atom. The number of methoxy groups -OCH3 is 1. The fourth-order valence-electron chi connectivity index (χ4n) is 1.93. The molecule has 2 aromatic rings. The molecule has 0 saturated carbocycles. The Labute approximate surface area is 112 Å². The van der Waals surface area contributed by atoms with Crippen molar-refractivity contribution in [1.82, 2.24) is 0 Å². The van der Waals surface area contributed by atoms with Gasteiger partial charge < -0.3 is 9.84 Å². The van der Waals surface area contributed by atoms with E-state index in [1.807, 2.05) is 24.3 Å². The zero-order valence-electron chi connectivity index (χ0n) is 11.1. The van der Waals surface area contributed by atoms with Gasteiger partial charge >= 0.3 is 0 Å². The highest BCUT2D eigenvalue weighted by molar-refractivity contribution is 5.33. The number of rotatable bonds is 4. The smallest absolute Gasteiger partial charge is 0.126 e. The largest absolute Gasteiger partial charge is 0.384 e. The topological polar surface area (TPSA) is 29.5 Å². The summed E-state index contributed by atoms with van der Waals surface area (Å²) in [5.41, 5.74) is 2.91. The van der Waals surface area contributed by atoms with Gasteiger partial charge in [-0.1, -0.05) is 36.4 Å². The quantitative estimate of drug-likeness (QED) is 0.913. The van der Waals surface area contributed by atoms with Crippen molar-refractivity contribution < 1.29 is 14.2 Å². The van der Waals surface area contributed by atoms with Crippen LogP contribution in [-0.4, -0.2) is 12.2 Å².